The SMILES string of the molecule is CC(C)CCn1cc(-c2c(C(N)=O)n(-c3cc(C(=O)Nc4cc(C(=O)NCCCN5CCOCC5)n(C)c4)n(CCC(C)C)c3)c3ccc(C(N)=O)cc23)cc1C(=O)Nc1cc(C(=O)NCCCN2CCOCC2)n(C)c1. The quantitative estimate of drug-likeness (QED) is 0.0428. The third-order valence-electron chi connectivity index (χ3n) is 14.2. The Labute approximate surface area is 449 Å². The van der Waals surface area contributed by atoms with Crippen LogP contribution in [0.3, 0.4) is 0 Å². The first-order valence-electron chi connectivity index (χ1n) is 26.8. The summed E-state index contributed by atoms with van der Waals surface area (Å²) in [7, 11) is 3.49. The first kappa shape index (κ1) is 55.8. The number of primary amides is 2. The van der Waals surface area contributed by atoms with Crippen molar-refractivity contribution in [3.05, 3.63) is 101 Å². The minimum Gasteiger partial charge on any atom is -0.379 e. The molecule has 2 aliphatic heterocycles. The van der Waals surface area contributed by atoms with E-state index in [9.17, 15) is 28.8 Å². The number of benzene rings is 1. The minimum absolute atomic E-state index is 0.0508. The second-order valence-electron chi connectivity index (χ2n) is 21.0. The molecular weight excluding hydrogens is 983 g/mol. The molecule has 0 aliphatic carbocycles. The molecule has 2 aliphatic rings. The van der Waals surface area contributed by atoms with Crippen LogP contribution in [-0.4, -0.2) is 147 Å². The molecular formula is C56H75N13O8. The molecule has 8 rings (SSSR count). The van der Waals surface area contributed by atoms with Gasteiger partial charge in [0, 0.05) is 113 Å². The fourth-order valence-electron chi connectivity index (χ4n) is 10.00. The van der Waals surface area contributed by atoms with Gasteiger partial charge >= 0.3 is 0 Å². The summed E-state index contributed by atoms with van der Waals surface area (Å²) >= 11 is 0. The first-order valence-corrected chi connectivity index (χ1v) is 26.8. The summed E-state index contributed by atoms with van der Waals surface area (Å²) < 4.78 is 19.6. The third-order valence-corrected chi connectivity index (χ3v) is 14.2. The zero-order valence-corrected chi connectivity index (χ0v) is 45.3. The van der Waals surface area contributed by atoms with E-state index in [-0.39, 0.29) is 46.3 Å². The Morgan fingerprint density at radius 1 is 0.571 bits per heavy atom. The van der Waals surface area contributed by atoms with E-state index in [1.165, 1.54) is 0 Å². The van der Waals surface area contributed by atoms with Gasteiger partial charge in [-0.1, -0.05) is 27.7 Å². The van der Waals surface area contributed by atoms with E-state index in [1.54, 1.807) is 95.0 Å². The molecule has 6 amide bonds. The van der Waals surface area contributed by atoms with E-state index >= 15 is 0 Å². The predicted octanol–water partition coefficient (Wildman–Crippen LogP) is 5.28. The summed E-state index contributed by atoms with van der Waals surface area (Å²) in [5, 5.41) is 12.4. The number of carbonyl (C=O) groups is 6. The van der Waals surface area contributed by atoms with Crippen LogP contribution in [-0.2, 0) is 36.7 Å². The molecule has 0 bridgehead atoms. The van der Waals surface area contributed by atoms with E-state index in [1.807, 2.05) is 9.13 Å². The maximum atomic E-state index is 14.4. The highest BCUT2D eigenvalue weighted by molar-refractivity contribution is 6.14. The van der Waals surface area contributed by atoms with Gasteiger partial charge in [0.1, 0.15) is 28.5 Å². The molecule has 21 nitrogen and oxygen atoms in total. The number of rotatable bonds is 24. The molecule has 7 heterocycles. The number of morpholine rings is 2. The number of aryl methyl sites for hydroxylation is 4. The lowest BCUT2D eigenvalue weighted by Crippen LogP contribution is -2.38. The zero-order chi connectivity index (χ0) is 54.9. The number of hydrogen-bond donors (Lipinski definition) is 6. The molecule has 2 fully saturated rings. The Morgan fingerprint density at radius 2 is 1.06 bits per heavy atom. The monoisotopic (exact) mass is 1060 g/mol. The summed E-state index contributed by atoms with van der Waals surface area (Å²) in [4.78, 5) is 87.0. The van der Waals surface area contributed by atoms with Crippen molar-refractivity contribution in [1.82, 2.24) is 43.3 Å². The van der Waals surface area contributed by atoms with Gasteiger partial charge in [0.05, 0.1) is 49.0 Å². The van der Waals surface area contributed by atoms with Crippen molar-refractivity contribution in [2.75, 3.05) is 89.4 Å². The first-order chi connectivity index (χ1) is 36.9. The van der Waals surface area contributed by atoms with Gasteiger partial charge < -0.3 is 65.0 Å². The standard InChI is InChI=1S/C56H75N13O8/c1-36(2)11-17-67-32-39(28-47(67)55(74)61-40-29-45(63(5)33-40)53(72)59-13-7-15-65-19-23-76-24-20-65)49-43-27-38(51(57)70)9-10-44(43)69(50(49)52(58)71)42-31-48(68(35-42)18-12-37(3)4)56(75)62-41-30-46(64(6)34-41)54(73)60-14-8-16-66-21-25-77-26-22-66/h9-10,27-37H,7-8,11-26H2,1-6H3,(H2,57,70)(H2,58,71)(H,59,72)(H,60,73)(H,61,74)(H,62,75). The Kier molecular flexibility index (Phi) is 18.2. The zero-order valence-electron chi connectivity index (χ0n) is 45.3. The molecule has 0 atom stereocenters. The number of ether oxygens (including phenoxy) is 2. The average Bonchev–Trinajstić information content (AvgIpc) is 4.27. The average molecular weight is 1060 g/mol. The van der Waals surface area contributed by atoms with Crippen LogP contribution in [0.5, 0.6) is 0 Å². The van der Waals surface area contributed by atoms with E-state index < -0.39 is 23.6 Å². The van der Waals surface area contributed by atoms with Crippen molar-refractivity contribution in [3.63, 3.8) is 0 Å². The smallest absolute Gasteiger partial charge is 0.272 e. The Morgan fingerprint density at radius 3 is 1.55 bits per heavy atom. The van der Waals surface area contributed by atoms with E-state index in [0.717, 1.165) is 58.5 Å². The molecule has 77 heavy (non-hydrogen) atoms. The molecule has 412 valence electrons. The fraction of sp³-hybridized carbons (Fsp3) is 0.464. The van der Waals surface area contributed by atoms with Crippen LogP contribution in [0, 0.1) is 11.8 Å². The van der Waals surface area contributed by atoms with Crippen molar-refractivity contribution in [2.24, 2.45) is 37.4 Å². The van der Waals surface area contributed by atoms with Gasteiger partial charge in [-0.15, -0.1) is 0 Å². The van der Waals surface area contributed by atoms with Gasteiger partial charge in [-0.2, -0.15) is 0 Å². The van der Waals surface area contributed by atoms with Gasteiger partial charge in [-0.25, -0.2) is 0 Å². The van der Waals surface area contributed by atoms with E-state index in [2.05, 4.69) is 58.8 Å². The lowest BCUT2D eigenvalue weighted by atomic mass is 10.0. The van der Waals surface area contributed by atoms with Gasteiger partial charge in [0.2, 0.25) is 5.91 Å². The Hall–Kier alpha value is -7.46. The number of nitrogens with two attached hydrogens (primary N) is 2. The van der Waals surface area contributed by atoms with Gasteiger partial charge in [-0.3, -0.25) is 38.6 Å². The molecule has 8 N–H and O–H groups in total. The molecule has 1 aromatic carbocycles. The fourth-order valence-corrected chi connectivity index (χ4v) is 10.00. The van der Waals surface area contributed by atoms with Crippen LogP contribution >= 0.6 is 0 Å². The Balaban J connectivity index is 1.10. The largest absolute Gasteiger partial charge is 0.379 e. The third kappa shape index (κ3) is 13.6. The lowest BCUT2D eigenvalue weighted by Gasteiger charge is -2.26. The molecule has 6 aromatic rings. The van der Waals surface area contributed by atoms with Crippen LogP contribution in [0.4, 0.5) is 11.4 Å². The predicted molar refractivity (Wildman–Crippen MR) is 296 cm³/mol. The molecule has 21 heteroatoms. The maximum absolute atomic E-state index is 14.4. The van der Waals surface area contributed by atoms with Crippen LogP contribution in [0.15, 0.2) is 67.3 Å². The van der Waals surface area contributed by atoms with Crippen molar-refractivity contribution in [1.29, 1.82) is 0 Å². The van der Waals surface area contributed by atoms with E-state index in [0.29, 0.717) is 110 Å². The van der Waals surface area contributed by atoms with Crippen molar-refractivity contribution in [3.8, 4) is 16.8 Å². The van der Waals surface area contributed by atoms with Crippen molar-refractivity contribution < 1.29 is 38.2 Å². The highest BCUT2D eigenvalue weighted by Crippen LogP contribution is 2.39. The Bertz CT molecular complexity index is 3100. The van der Waals surface area contributed by atoms with Crippen LogP contribution in [0.25, 0.3) is 27.7 Å². The molecule has 5 aromatic heterocycles. The second-order valence-corrected chi connectivity index (χ2v) is 21.0. The number of fused-ring (bicyclic) bond motifs is 1. The number of nitrogens with one attached hydrogen (secondary N) is 4. The summed E-state index contributed by atoms with van der Waals surface area (Å²) in [6.45, 7) is 18.3. The van der Waals surface area contributed by atoms with Gasteiger partial charge in [0.15, 0.2) is 0 Å². The molecule has 2 saturated heterocycles. The highest BCUT2D eigenvalue weighted by Gasteiger charge is 2.29. The number of amides is 6. The van der Waals surface area contributed by atoms with Gasteiger partial charge in [-0.05, 0) is 93.1 Å². The highest BCUT2D eigenvalue weighted by atomic mass is 16.5. The lowest BCUT2D eigenvalue weighted by molar-refractivity contribution is 0.0373. The van der Waals surface area contributed by atoms with Crippen LogP contribution in [0.1, 0.15) is 116 Å². The second kappa shape index (κ2) is 25.1. The number of anilines is 2. The van der Waals surface area contributed by atoms with Crippen LogP contribution in [0.2, 0.25) is 0 Å². The van der Waals surface area contributed by atoms with Gasteiger partial charge in [0.25, 0.3) is 29.5 Å². The topological polar surface area (TPSA) is 252 Å². The summed E-state index contributed by atoms with van der Waals surface area (Å²) in [6, 6.07) is 11.5. The van der Waals surface area contributed by atoms with Crippen LogP contribution < -0.4 is 32.7 Å². The number of carbonyl (C=O) groups excluding carboxylic acids is 6. The van der Waals surface area contributed by atoms with Crippen molar-refractivity contribution in [2.45, 2.75) is 66.5 Å². The summed E-state index contributed by atoms with van der Waals surface area (Å²) in [5.41, 5.74) is 16.4. The maximum Gasteiger partial charge on any atom is 0.272 e. The van der Waals surface area contributed by atoms with Crippen molar-refractivity contribution >= 4 is 57.7 Å². The molecule has 0 unspecified atom stereocenters. The molecule has 0 spiro atoms. The van der Waals surface area contributed by atoms with E-state index in [4.69, 9.17) is 20.9 Å². The number of hydrogen-bond acceptors (Lipinski definition) is 10. The molecule has 0 radical (unpaired) electrons. The normalized spacial score (nSPS) is 14.4. The number of nitrogens with zero attached hydrogens (tertiary/aromatic N) is 7. The minimum atomic E-state index is -0.800. The summed E-state index contributed by atoms with van der Waals surface area (Å²) in [5.74, 6) is -2.34. The molecule has 0 saturated carbocycles. The number of aromatic nitrogens is 5. The summed E-state index contributed by atoms with van der Waals surface area (Å²) in [6.07, 6.45) is 9.97.